The Kier molecular flexibility index (Phi) is 3.72. The number of methoxy groups -OCH3 is 1. The van der Waals surface area contributed by atoms with E-state index in [1.807, 2.05) is 30.5 Å². The molecule has 5 nitrogen and oxygen atoms in total. The number of aryl methyl sites for hydroxylation is 1. The zero-order valence-corrected chi connectivity index (χ0v) is 9.71. The maximum Gasteiger partial charge on any atom is 0.128 e. The van der Waals surface area contributed by atoms with Crippen molar-refractivity contribution in [3.8, 4) is 17.0 Å². The zero-order chi connectivity index (χ0) is 12.1. The minimum atomic E-state index is 0.157. The third-order valence-corrected chi connectivity index (χ3v) is 2.47. The van der Waals surface area contributed by atoms with E-state index in [1.165, 1.54) is 0 Å². The van der Waals surface area contributed by atoms with E-state index >= 15 is 0 Å². The average molecular weight is 233 g/mol. The van der Waals surface area contributed by atoms with E-state index in [0.29, 0.717) is 13.0 Å². The lowest BCUT2D eigenvalue weighted by atomic mass is 10.1. The zero-order valence-electron chi connectivity index (χ0n) is 9.71. The molecule has 17 heavy (non-hydrogen) atoms. The summed E-state index contributed by atoms with van der Waals surface area (Å²) in [5.41, 5.74) is 1.70. The van der Waals surface area contributed by atoms with Gasteiger partial charge in [0.2, 0.25) is 0 Å². The molecule has 1 aromatic carbocycles. The number of hydrogen-bond acceptors (Lipinski definition) is 4. The topological polar surface area (TPSA) is 60.2 Å². The molecule has 0 amide bonds. The smallest absolute Gasteiger partial charge is 0.128 e. The molecular weight excluding hydrogens is 218 g/mol. The van der Waals surface area contributed by atoms with E-state index in [4.69, 9.17) is 9.84 Å². The number of ether oxygens (including phenoxy) is 1. The summed E-state index contributed by atoms with van der Waals surface area (Å²) in [5, 5.41) is 16.9. The van der Waals surface area contributed by atoms with Crippen LogP contribution in [-0.2, 0) is 6.54 Å². The molecule has 0 unspecified atom stereocenters. The Morgan fingerprint density at radius 3 is 2.94 bits per heavy atom. The van der Waals surface area contributed by atoms with Crippen LogP contribution in [-0.4, -0.2) is 33.8 Å². The summed E-state index contributed by atoms with van der Waals surface area (Å²) in [6, 6.07) is 7.68. The van der Waals surface area contributed by atoms with Crippen LogP contribution in [0.5, 0.6) is 5.75 Å². The van der Waals surface area contributed by atoms with E-state index in [9.17, 15) is 0 Å². The fourth-order valence-corrected chi connectivity index (χ4v) is 1.62. The van der Waals surface area contributed by atoms with Crippen LogP contribution in [0.1, 0.15) is 6.42 Å². The number of hydrogen-bond donors (Lipinski definition) is 1. The maximum atomic E-state index is 8.75. The SMILES string of the molecule is COc1ccccc1-c1cn(CCCO)nn1. The van der Waals surface area contributed by atoms with Crippen molar-refractivity contribution >= 4 is 0 Å². The van der Waals surface area contributed by atoms with Crippen LogP contribution in [0.25, 0.3) is 11.3 Å². The Morgan fingerprint density at radius 2 is 2.18 bits per heavy atom. The lowest BCUT2D eigenvalue weighted by Crippen LogP contribution is -2.00. The number of aromatic nitrogens is 3. The first-order valence-electron chi connectivity index (χ1n) is 5.49. The van der Waals surface area contributed by atoms with Gasteiger partial charge in [-0.1, -0.05) is 17.3 Å². The maximum absolute atomic E-state index is 8.75. The first-order chi connectivity index (χ1) is 8.35. The van der Waals surface area contributed by atoms with E-state index in [-0.39, 0.29) is 6.61 Å². The minimum absolute atomic E-state index is 0.157. The number of nitrogens with zero attached hydrogens (tertiary/aromatic N) is 3. The Balaban J connectivity index is 2.24. The summed E-state index contributed by atoms with van der Waals surface area (Å²) < 4.78 is 6.99. The van der Waals surface area contributed by atoms with Gasteiger partial charge >= 0.3 is 0 Å². The van der Waals surface area contributed by atoms with E-state index in [0.717, 1.165) is 17.0 Å². The third-order valence-electron chi connectivity index (χ3n) is 2.47. The van der Waals surface area contributed by atoms with Crippen LogP contribution < -0.4 is 4.74 Å². The molecule has 1 heterocycles. The van der Waals surface area contributed by atoms with Gasteiger partial charge < -0.3 is 9.84 Å². The molecule has 0 atom stereocenters. The molecule has 0 aliphatic carbocycles. The summed E-state index contributed by atoms with van der Waals surface area (Å²) in [6.07, 6.45) is 2.53. The molecule has 0 saturated heterocycles. The Hall–Kier alpha value is -1.88. The summed E-state index contributed by atoms with van der Waals surface area (Å²) in [4.78, 5) is 0. The molecule has 0 spiro atoms. The van der Waals surface area contributed by atoms with Gasteiger partial charge in [-0.15, -0.1) is 5.10 Å². The van der Waals surface area contributed by atoms with E-state index in [2.05, 4.69) is 10.3 Å². The molecular formula is C12H15N3O2. The van der Waals surface area contributed by atoms with Crippen molar-refractivity contribution in [1.82, 2.24) is 15.0 Å². The summed E-state index contributed by atoms with van der Waals surface area (Å²) in [6.45, 7) is 0.822. The molecule has 1 aromatic heterocycles. The van der Waals surface area contributed by atoms with Gasteiger partial charge in [0.05, 0.1) is 13.3 Å². The number of aliphatic hydroxyl groups excluding tert-OH is 1. The number of benzene rings is 1. The normalized spacial score (nSPS) is 10.5. The number of aliphatic hydroxyl groups is 1. The van der Waals surface area contributed by atoms with E-state index < -0.39 is 0 Å². The Labute approximate surface area is 99.7 Å². The van der Waals surface area contributed by atoms with Crippen LogP contribution in [0.2, 0.25) is 0 Å². The average Bonchev–Trinajstić information content (AvgIpc) is 2.85. The highest BCUT2D eigenvalue weighted by Crippen LogP contribution is 2.27. The second-order valence-electron chi connectivity index (χ2n) is 3.64. The predicted octanol–water partition coefficient (Wildman–Crippen LogP) is 1.34. The van der Waals surface area contributed by atoms with Crippen molar-refractivity contribution < 1.29 is 9.84 Å². The Morgan fingerprint density at radius 1 is 1.35 bits per heavy atom. The first-order valence-corrected chi connectivity index (χ1v) is 5.49. The quantitative estimate of drug-likeness (QED) is 0.846. The van der Waals surface area contributed by atoms with Gasteiger partial charge in [0.25, 0.3) is 0 Å². The van der Waals surface area contributed by atoms with Gasteiger partial charge in [-0.25, -0.2) is 0 Å². The van der Waals surface area contributed by atoms with Crippen LogP contribution in [0.4, 0.5) is 0 Å². The molecule has 0 bridgehead atoms. The van der Waals surface area contributed by atoms with Gasteiger partial charge in [0, 0.05) is 18.7 Å². The lowest BCUT2D eigenvalue weighted by Gasteiger charge is -2.04. The molecule has 0 fully saturated rings. The van der Waals surface area contributed by atoms with E-state index in [1.54, 1.807) is 11.8 Å². The third kappa shape index (κ3) is 2.62. The number of rotatable bonds is 5. The van der Waals surface area contributed by atoms with Crippen LogP contribution in [0, 0.1) is 0 Å². The molecule has 0 aliphatic heterocycles. The molecule has 90 valence electrons. The molecule has 1 N–H and O–H groups in total. The van der Waals surface area contributed by atoms with Crippen molar-refractivity contribution in [2.75, 3.05) is 13.7 Å². The summed E-state index contributed by atoms with van der Waals surface area (Å²) in [5.74, 6) is 0.779. The molecule has 0 aliphatic rings. The van der Waals surface area contributed by atoms with Gasteiger partial charge in [-0.05, 0) is 18.6 Å². The standard InChI is InChI=1S/C12H15N3O2/c1-17-12-6-3-2-5-10(12)11-9-15(14-13-11)7-4-8-16/h2-3,5-6,9,16H,4,7-8H2,1H3. The fourth-order valence-electron chi connectivity index (χ4n) is 1.62. The van der Waals surface area contributed by atoms with Crippen LogP contribution >= 0.6 is 0 Å². The highest BCUT2D eigenvalue weighted by molar-refractivity contribution is 5.65. The molecule has 0 saturated carbocycles. The summed E-state index contributed by atoms with van der Waals surface area (Å²) in [7, 11) is 1.63. The van der Waals surface area contributed by atoms with Crippen molar-refractivity contribution in [3.05, 3.63) is 30.5 Å². The van der Waals surface area contributed by atoms with Crippen molar-refractivity contribution in [2.45, 2.75) is 13.0 Å². The van der Waals surface area contributed by atoms with Crippen molar-refractivity contribution in [1.29, 1.82) is 0 Å². The van der Waals surface area contributed by atoms with Crippen molar-refractivity contribution in [3.63, 3.8) is 0 Å². The molecule has 2 rings (SSSR count). The molecule has 0 radical (unpaired) electrons. The van der Waals surface area contributed by atoms with Gasteiger partial charge in [0.15, 0.2) is 0 Å². The summed E-state index contributed by atoms with van der Waals surface area (Å²) >= 11 is 0. The number of para-hydroxylation sites is 1. The van der Waals surface area contributed by atoms with Crippen LogP contribution in [0.3, 0.4) is 0 Å². The highest BCUT2D eigenvalue weighted by atomic mass is 16.5. The van der Waals surface area contributed by atoms with Gasteiger partial charge in [-0.2, -0.15) is 0 Å². The molecule has 2 aromatic rings. The predicted molar refractivity (Wildman–Crippen MR) is 63.7 cm³/mol. The van der Waals surface area contributed by atoms with Crippen LogP contribution in [0.15, 0.2) is 30.5 Å². The molecule has 5 heteroatoms. The second-order valence-corrected chi connectivity index (χ2v) is 3.64. The first kappa shape index (κ1) is 11.6. The van der Waals surface area contributed by atoms with Crippen molar-refractivity contribution in [2.24, 2.45) is 0 Å². The highest BCUT2D eigenvalue weighted by Gasteiger charge is 2.08. The monoisotopic (exact) mass is 233 g/mol. The Bertz CT molecular complexity index is 482. The van der Waals surface area contributed by atoms with Gasteiger partial charge in [0.1, 0.15) is 11.4 Å². The minimum Gasteiger partial charge on any atom is -0.496 e. The second kappa shape index (κ2) is 5.45. The fraction of sp³-hybridized carbons (Fsp3) is 0.333. The lowest BCUT2D eigenvalue weighted by molar-refractivity contribution is 0.276. The van der Waals surface area contributed by atoms with Gasteiger partial charge in [-0.3, -0.25) is 4.68 Å². The largest absolute Gasteiger partial charge is 0.496 e.